The van der Waals surface area contributed by atoms with Gasteiger partial charge in [-0.15, -0.1) is 6.58 Å². The fourth-order valence-corrected chi connectivity index (χ4v) is 6.33. The van der Waals surface area contributed by atoms with Gasteiger partial charge in [-0.05, 0) is 30.5 Å². The van der Waals surface area contributed by atoms with E-state index in [0.29, 0.717) is 61.9 Å². The van der Waals surface area contributed by atoms with E-state index >= 15 is 8.78 Å². The standard InChI is InChI=1S/C31H37F2N7O2/c1-6-10-31(32,33)26-15-29-28(14-24(26)22-16-34-36(4)18-22)37(5)20(2)17-39(29)30-25-19-38(21(3)41)11-7-27(25)40(35-30)23-8-12-42-13-9-23/h6,14-16,18,23H,1-2,7-13,17,19H2,3-5H3. The monoisotopic (exact) mass is 577 g/mol. The van der Waals surface area contributed by atoms with Crippen LogP contribution in [0.5, 0.6) is 0 Å². The van der Waals surface area contributed by atoms with Crippen molar-refractivity contribution in [1.82, 2.24) is 24.5 Å². The summed E-state index contributed by atoms with van der Waals surface area (Å²) in [6, 6.07) is 3.58. The SMILES string of the molecule is C=CCC(F)(F)c1cc2c(cc1-c1cnn(C)c1)N(C)C(=C)CN2c1nn(C2CCOCC2)c2c1CN(C(C)=O)CC2. The molecule has 42 heavy (non-hydrogen) atoms. The minimum Gasteiger partial charge on any atom is -0.381 e. The highest BCUT2D eigenvalue weighted by molar-refractivity contribution is 5.88. The average Bonchev–Trinajstić information content (AvgIpc) is 3.58. The zero-order chi connectivity index (χ0) is 29.8. The number of allylic oxidation sites excluding steroid dienone is 1. The number of halogens is 2. The maximum Gasteiger partial charge on any atom is 0.277 e. The molecule has 6 rings (SSSR count). The average molecular weight is 578 g/mol. The maximum atomic E-state index is 15.8. The predicted molar refractivity (Wildman–Crippen MR) is 158 cm³/mol. The van der Waals surface area contributed by atoms with Crippen LogP contribution in [0.1, 0.15) is 49.0 Å². The Bertz CT molecular complexity index is 1550. The van der Waals surface area contributed by atoms with Crippen LogP contribution in [0.3, 0.4) is 0 Å². The molecule has 0 saturated carbocycles. The molecule has 0 atom stereocenters. The molecule has 0 unspecified atom stereocenters. The molecule has 9 nitrogen and oxygen atoms in total. The molecule has 2 aromatic heterocycles. The summed E-state index contributed by atoms with van der Waals surface area (Å²) in [6.07, 6.45) is 6.48. The van der Waals surface area contributed by atoms with E-state index in [4.69, 9.17) is 9.84 Å². The second-order valence-corrected chi connectivity index (χ2v) is 11.4. The van der Waals surface area contributed by atoms with Gasteiger partial charge in [0.15, 0.2) is 5.82 Å². The van der Waals surface area contributed by atoms with Crippen LogP contribution in [0.4, 0.5) is 26.0 Å². The Morgan fingerprint density at radius 2 is 1.95 bits per heavy atom. The van der Waals surface area contributed by atoms with Gasteiger partial charge in [-0.1, -0.05) is 12.7 Å². The number of ether oxygens (including phenoxy) is 1. The smallest absolute Gasteiger partial charge is 0.277 e. The van der Waals surface area contributed by atoms with Gasteiger partial charge in [0.1, 0.15) is 0 Å². The summed E-state index contributed by atoms with van der Waals surface area (Å²) in [4.78, 5) is 18.2. The third-order valence-corrected chi connectivity index (χ3v) is 8.69. The Balaban J connectivity index is 1.56. The van der Waals surface area contributed by atoms with E-state index < -0.39 is 12.3 Å². The molecule has 0 radical (unpaired) electrons. The van der Waals surface area contributed by atoms with Crippen molar-refractivity contribution in [3.63, 3.8) is 0 Å². The van der Waals surface area contributed by atoms with Gasteiger partial charge >= 0.3 is 0 Å². The third-order valence-electron chi connectivity index (χ3n) is 8.69. The number of amides is 1. The van der Waals surface area contributed by atoms with Crippen molar-refractivity contribution in [1.29, 1.82) is 0 Å². The van der Waals surface area contributed by atoms with Gasteiger partial charge in [-0.3, -0.25) is 14.2 Å². The molecule has 1 fully saturated rings. The van der Waals surface area contributed by atoms with Gasteiger partial charge in [0.25, 0.3) is 5.92 Å². The number of aryl methyl sites for hydroxylation is 1. The van der Waals surface area contributed by atoms with Gasteiger partial charge in [0, 0.05) is 87.9 Å². The lowest BCUT2D eigenvalue weighted by molar-refractivity contribution is -0.129. The number of hydrogen-bond donors (Lipinski definition) is 0. The van der Waals surface area contributed by atoms with Crippen LogP contribution >= 0.6 is 0 Å². The van der Waals surface area contributed by atoms with E-state index in [1.165, 1.54) is 6.08 Å². The second kappa shape index (κ2) is 10.7. The number of likely N-dealkylation sites (N-methyl/N-ethyl adjacent to an activating group) is 1. The number of carbonyl (C=O) groups excluding carboxylic acids is 1. The third kappa shape index (κ3) is 4.79. The Hall–Kier alpha value is -3.99. The van der Waals surface area contributed by atoms with Crippen LogP contribution in [0, 0.1) is 0 Å². The zero-order valence-electron chi connectivity index (χ0n) is 24.4. The number of fused-ring (bicyclic) bond motifs is 2. The highest BCUT2D eigenvalue weighted by Gasteiger charge is 2.39. The first-order valence-electron chi connectivity index (χ1n) is 14.4. The molecule has 0 spiro atoms. The second-order valence-electron chi connectivity index (χ2n) is 11.4. The molecule has 1 saturated heterocycles. The number of anilines is 3. The maximum absolute atomic E-state index is 15.8. The van der Waals surface area contributed by atoms with Crippen molar-refractivity contribution in [2.24, 2.45) is 7.05 Å². The van der Waals surface area contributed by atoms with Crippen LogP contribution in [0.2, 0.25) is 0 Å². The van der Waals surface area contributed by atoms with Crippen LogP contribution < -0.4 is 9.80 Å². The first-order chi connectivity index (χ1) is 20.1. The van der Waals surface area contributed by atoms with Gasteiger partial charge in [-0.25, -0.2) is 8.78 Å². The Labute approximate surface area is 244 Å². The van der Waals surface area contributed by atoms with E-state index in [-0.39, 0.29) is 17.5 Å². The summed E-state index contributed by atoms with van der Waals surface area (Å²) >= 11 is 0. The normalized spacial score (nSPS) is 17.8. The van der Waals surface area contributed by atoms with E-state index in [2.05, 4.69) is 22.9 Å². The van der Waals surface area contributed by atoms with E-state index in [1.807, 2.05) is 21.7 Å². The number of carbonyl (C=O) groups is 1. The minimum atomic E-state index is -3.16. The van der Waals surface area contributed by atoms with Crippen molar-refractivity contribution >= 4 is 23.1 Å². The van der Waals surface area contributed by atoms with E-state index in [9.17, 15) is 4.79 Å². The quantitative estimate of drug-likeness (QED) is 0.370. The Kier molecular flexibility index (Phi) is 7.16. The van der Waals surface area contributed by atoms with Gasteiger partial charge in [-0.2, -0.15) is 10.2 Å². The van der Waals surface area contributed by atoms with Crippen LogP contribution in [0.15, 0.2) is 49.5 Å². The van der Waals surface area contributed by atoms with Crippen molar-refractivity contribution in [2.75, 3.05) is 43.2 Å². The molecule has 3 aromatic rings. The fourth-order valence-electron chi connectivity index (χ4n) is 6.33. The van der Waals surface area contributed by atoms with Gasteiger partial charge < -0.3 is 19.4 Å². The summed E-state index contributed by atoms with van der Waals surface area (Å²) in [7, 11) is 3.67. The first kappa shape index (κ1) is 28.1. The van der Waals surface area contributed by atoms with Crippen LogP contribution in [0.25, 0.3) is 11.1 Å². The lowest BCUT2D eigenvalue weighted by atomic mass is 9.92. The predicted octanol–water partition coefficient (Wildman–Crippen LogP) is 5.31. The lowest BCUT2D eigenvalue weighted by Gasteiger charge is -2.39. The molecule has 0 N–H and O–H groups in total. The molecule has 1 aromatic carbocycles. The fraction of sp³-hybridized carbons (Fsp3) is 0.452. The molecule has 3 aliphatic heterocycles. The lowest BCUT2D eigenvalue weighted by Crippen LogP contribution is -2.37. The molecule has 222 valence electrons. The number of rotatable bonds is 6. The highest BCUT2D eigenvalue weighted by Crippen LogP contribution is 2.49. The van der Waals surface area contributed by atoms with E-state index in [0.717, 1.165) is 35.5 Å². The van der Waals surface area contributed by atoms with Crippen LogP contribution in [-0.4, -0.2) is 63.7 Å². The molecule has 0 aliphatic carbocycles. The minimum absolute atomic E-state index is 0.000990. The van der Waals surface area contributed by atoms with Gasteiger partial charge in [0.05, 0.1) is 36.7 Å². The molecule has 11 heteroatoms. The summed E-state index contributed by atoms with van der Waals surface area (Å²) in [6.45, 7) is 12.2. The first-order valence-corrected chi connectivity index (χ1v) is 14.4. The zero-order valence-corrected chi connectivity index (χ0v) is 24.4. The number of alkyl halides is 2. The van der Waals surface area contributed by atoms with Crippen molar-refractivity contribution < 1.29 is 18.3 Å². The summed E-state index contributed by atoms with van der Waals surface area (Å²) in [5.74, 6) is -2.47. The Morgan fingerprint density at radius 1 is 1.19 bits per heavy atom. The largest absolute Gasteiger partial charge is 0.381 e. The molecular formula is C31H37F2N7O2. The van der Waals surface area contributed by atoms with E-state index in [1.54, 1.807) is 43.2 Å². The van der Waals surface area contributed by atoms with Crippen molar-refractivity contribution in [2.45, 2.75) is 51.1 Å². The van der Waals surface area contributed by atoms with Gasteiger partial charge in [0.2, 0.25) is 5.91 Å². The summed E-state index contributed by atoms with van der Waals surface area (Å²) in [5.41, 5.74) is 5.15. The Morgan fingerprint density at radius 3 is 2.62 bits per heavy atom. The topological polar surface area (TPSA) is 71.7 Å². The molecule has 3 aliphatic rings. The number of hydrogen-bond acceptors (Lipinski definition) is 6. The summed E-state index contributed by atoms with van der Waals surface area (Å²) in [5, 5.41) is 9.42. The molecular weight excluding hydrogens is 540 g/mol. The van der Waals surface area contributed by atoms with Crippen molar-refractivity contribution in [3.8, 4) is 11.1 Å². The number of nitrogens with zero attached hydrogens (tertiary/aromatic N) is 7. The molecule has 1 amide bonds. The van der Waals surface area contributed by atoms with Crippen LogP contribution in [-0.2, 0) is 35.5 Å². The molecule has 0 bridgehead atoms. The summed E-state index contributed by atoms with van der Waals surface area (Å²) < 4.78 is 41.0. The molecule has 5 heterocycles. The number of aromatic nitrogens is 4. The number of benzene rings is 1. The van der Waals surface area contributed by atoms with Crippen molar-refractivity contribution in [3.05, 3.63) is 66.3 Å². The highest BCUT2D eigenvalue weighted by atomic mass is 19.3.